The molecule has 0 aliphatic rings. The number of thioether (sulfide) groups is 1. The molecule has 1 heterocycles. The number of benzene rings is 3. The van der Waals surface area contributed by atoms with Gasteiger partial charge in [-0.05, 0) is 29.8 Å². The lowest BCUT2D eigenvalue weighted by molar-refractivity contribution is -0.384. The number of aromatic nitrogens is 3. The number of nitrogens with one attached hydrogen (secondary N) is 1. The number of amides is 1. The molecule has 0 unspecified atom stereocenters. The first-order valence-corrected chi connectivity index (χ1v) is 10.8. The zero-order valence-corrected chi connectivity index (χ0v) is 17.7. The molecule has 0 atom stereocenters. The van der Waals surface area contributed by atoms with Crippen LogP contribution in [0.25, 0.3) is 5.69 Å². The summed E-state index contributed by atoms with van der Waals surface area (Å²) in [7, 11) is 0. The summed E-state index contributed by atoms with van der Waals surface area (Å²) < 4.78 is 1.81. The first-order valence-electron chi connectivity index (χ1n) is 9.81. The van der Waals surface area contributed by atoms with Gasteiger partial charge in [0, 0.05) is 29.1 Å². The summed E-state index contributed by atoms with van der Waals surface area (Å²) in [4.78, 5) is 23.0. The monoisotopic (exact) mass is 445 g/mol. The molecule has 3 aromatic carbocycles. The summed E-state index contributed by atoms with van der Waals surface area (Å²) in [5.41, 5.74) is 2.36. The number of non-ortho nitro benzene ring substituents is 1. The van der Waals surface area contributed by atoms with Crippen LogP contribution in [0.1, 0.15) is 21.7 Å². The van der Waals surface area contributed by atoms with Crippen molar-refractivity contribution < 1.29 is 9.72 Å². The topological polar surface area (TPSA) is 103 Å². The molecule has 0 radical (unpaired) electrons. The van der Waals surface area contributed by atoms with Crippen molar-refractivity contribution in [2.45, 2.75) is 17.5 Å². The van der Waals surface area contributed by atoms with Crippen molar-refractivity contribution in [1.82, 2.24) is 20.1 Å². The predicted octanol–water partition coefficient (Wildman–Crippen LogP) is 4.40. The third-order valence-electron chi connectivity index (χ3n) is 4.67. The molecule has 0 aliphatic heterocycles. The third kappa shape index (κ3) is 5.01. The Morgan fingerprint density at radius 1 is 0.938 bits per heavy atom. The van der Waals surface area contributed by atoms with Crippen molar-refractivity contribution >= 4 is 23.4 Å². The fourth-order valence-corrected chi connectivity index (χ4v) is 3.99. The third-order valence-corrected chi connectivity index (χ3v) is 5.67. The van der Waals surface area contributed by atoms with E-state index in [0.717, 1.165) is 5.56 Å². The van der Waals surface area contributed by atoms with Gasteiger partial charge in [0.2, 0.25) is 0 Å². The molecular weight excluding hydrogens is 426 g/mol. The van der Waals surface area contributed by atoms with Gasteiger partial charge in [0.1, 0.15) is 0 Å². The number of rotatable bonds is 8. The fourth-order valence-electron chi connectivity index (χ4n) is 3.06. The maximum absolute atomic E-state index is 12.5. The Morgan fingerprint density at radius 2 is 1.59 bits per heavy atom. The van der Waals surface area contributed by atoms with E-state index >= 15 is 0 Å². The standard InChI is InChI=1S/C23H19N5O3S/c29-22(18-9-5-2-6-10-18)24-15-21-25-26-23(32-16-17-7-3-1-4-8-17)27(21)19-11-13-20(14-12-19)28(30)31/h1-14H,15-16H2,(H,24,29). The molecule has 0 fully saturated rings. The second kappa shape index (κ2) is 9.88. The fraction of sp³-hybridized carbons (Fsp3) is 0.0870. The van der Waals surface area contributed by atoms with Crippen molar-refractivity contribution in [3.63, 3.8) is 0 Å². The van der Waals surface area contributed by atoms with Gasteiger partial charge in [0.25, 0.3) is 11.6 Å². The van der Waals surface area contributed by atoms with E-state index in [2.05, 4.69) is 15.5 Å². The van der Waals surface area contributed by atoms with Gasteiger partial charge in [0.15, 0.2) is 11.0 Å². The van der Waals surface area contributed by atoms with Gasteiger partial charge in [-0.25, -0.2) is 0 Å². The second-order valence-corrected chi connectivity index (χ2v) is 7.77. The van der Waals surface area contributed by atoms with Crippen LogP contribution in [0.4, 0.5) is 5.69 Å². The molecule has 0 saturated heterocycles. The van der Waals surface area contributed by atoms with Crippen LogP contribution in [0.15, 0.2) is 90.1 Å². The molecule has 0 spiro atoms. The van der Waals surface area contributed by atoms with Crippen molar-refractivity contribution in [2.75, 3.05) is 0 Å². The number of hydrogen-bond acceptors (Lipinski definition) is 6. The zero-order chi connectivity index (χ0) is 22.3. The van der Waals surface area contributed by atoms with E-state index < -0.39 is 4.92 Å². The molecule has 160 valence electrons. The van der Waals surface area contributed by atoms with E-state index in [9.17, 15) is 14.9 Å². The number of nitro groups is 1. The Morgan fingerprint density at radius 3 is 2.25 bits per heavy atom. The Bertz CT molecular complexity index is 1210. The van der Waals surface area contributed by atoms with E-state index in [1.54, 1.807) is 36.4 Å². The molecule has 32 heavy (non-hydrogen) atoms. The van der Waals surface area contributed by atoms with Crippen LogP contribution in [-0.4, -0.2) is 25.6 Å². The Labute approximate surface area is 188 Å². The summed E-state index contributed by atoms with van der Waals surface area (Å²) >= 11 is 1.50. The van der Waals surface area contributed by atoms with Gasteiger partial charge in [-0.15, -0.1) is 10.2 Å². The number of hydrogen-bond donors (Lipinski definition) is 1. The normalized spacial score (nSPS) is 10.6. The van der Waals surface area contributed by atoms with Gasteiger partial charge in [0.05, 0.1) is 11.5 Å². The molecule has 9 heteroatoms. The summed E-state index contributed by atoms with van der Waals surface area (Å²) in [6.45, 7) is 0.156. The van der Waals surface area contributed by atoms with Crippen molar-refractivity contribution in [2.24, 2.45) is 0 Å². The zero-order valence-electron chi connectivity index (χ0n) is 16.9. The number of carbonyl (C=O) groups is 1. The average Bonchev–Trinajstić information content (AvgIpc) is 3.25. The highest BCUT2D eigenvalue weighted by molar-refractivity contribution is 7.98. The van der Waals surface area contributed by atoms with Gasteiger partial charge >= 0.3 is 0 Å². The van der Waals surface area contributed by atoms with E-state index in [0.29, 0.717) is 28.0 Å². The summed E-state index contributed by atoms with van der Waals surface area (Å²) in [6, 6.07) is 25.0. The summed E-state index contributed by atoms with van der Waals surface area (Å²) in [5, 5.41) is 23.1. The smallest absolute Gasteiger partial charge is 0.269 e. The Hall–Kier alpha value is -3.98. The number of carbonyl (C=O) groups excluding carboxylic acids is 1. The van der Waals surface area contributed by atoms with Crippen LogP contribution in [-0.2, 0) is 12.3 Å². The van der Waals surface area contributed by atoms with Gasteiger partial charge in [-0.1, -0.05) is 60.3 Å². The highest BCUT2D eigenvalue weighted by Crippen LogP contribution is 2.26. The lowest BCUT2D eigenvalue weighted by Crippen LogP contribution is -2.24. The van der Waals surface area contributed by atoms with E-state index in [4.69, 9.17) is 0 Å². The van der Waals surface area contributed by atoms with E-state index in [-0.39, 0.29) is 18.1 Å². The minimum Gasteiger partial charge on any atom is -0.345 e. The van der Waals surface area contributed by atoms with Crippen LogP contribution in [0.2, 0.25) is 0 Å². The highest BCUT2D eigenvalue weighted by Gasteiger charge is 2.17. The van der Waals surface area contributed by atoms with Gasteiger partial charge in [-0.2, -0.15) is 0 Å². The molecule has 4 aromatic rings. The average molecular weight is 446 g/mol. The molecule has 4 rings (SSSR count). The largest absolute Gasteiger partial charge is 0.345 e. The Balaban J connectivity index is 1.59. The molecule has 1 amide bonds. The maximum Gasteiger partial charge on any atom is 0.269 e. The van der Waals surface area contributed by atoms with Crippen LogP contribution < -0.4 is 5.32 Å². The minimum absolute atomic E-state index is 0.000700. The number of nitro benzene ring substituents is 1. The Kier molecular flexibility index (Phi) is 6.57. The predicted molar refractivity (Wildman–Crippen MR) is 122 cm³/mol. The van der Waals surface area contributed by atoms with E-state index in [1.165, 1.54) is 23.9 Å². The highest BCUT2D eigenvalue weighted by atomic mass is 32.2. The SMILES string of the molecule is O=C(NCc1nnc(SCc2ccccc2)n1-c1ccc([N+](=O)[O-])cc1)c1ccccc1. The molecule has 0 bridgehead atoms. The van der Waals surface area contributed by atoms with Crippen LogP contribution in [0.3, 0.4) is 0 Å². The first-order chi connectivity index (χ1) is 15.6. The number of nitrogens with zero attached hydrogens (tertiary/aromatic N) is 4. The molecule has 0 saturated carbocycles. The molecule has 1 aromatic heterocycles. The van der Waals surface area contributed by atoms with Crippen molar-refractivity contribution in [1.29, 1.82) is 0 Å². The molecule has 8 nitrogen and oxygen atoms in total. The first kappa shape index (κ1) is 21.3. The van der Waals surface area contributed by atoms with Crippen LogP contribution >= 0.6 is 11.8 Å². The summed E-state index contributed by atoms with van der Waals surface area (Å²) in [6.07, 6.45) is 0. The van der Waals surface area contributed by atoms with Crippen molar-refractivity contribution in [3.05, 3.63) is 112 Å². The quantitative estimate of drug-likeness (QED) is 0.245. The summed E-state index contributed by atoms with van der Waals surface area (Å²) in [5.74, 6) is 0.989. The molecule has 0 aliphatic carbocycles. The van der Waals surface area contributed by atoms with Crippen molar-refractivity contribution in [3.8, 4) is 5.69 Å². The lowest BCUT2D eigenvalue weighted by Gasteiger charge is -2.11. The van der Waals surface area contributed by atoms with Crippen LogP contribution in [0.5, 0.6) is 0 Å². The lowest BCUT2D eigenvalue weighted by atomic mass is 10.2. The van der Waals surface area contributed by atoms with Gasteiger partial charge < -0.3 is 5.32 Å². The molecule has 1 N–H and O–H groups in total. The van der Waals surface area contributed by atoms with E-state index in [1.807, 2.05) is 41.0 Å². The maximum atomic E-state index is 12.5. The molecular formula is C23H19N5O3S. The van der Waals surface area contributed by atoms with Gasteiger partial charge in [-0.3, -0.25) is 19.5 Å². The van der Waals surface area contributed by atoms with Crippen LogP contribution in [0, 0.1) is 10.1 Å². The second-order valence-electron chi connectivity index (χ2n) is 6.83. The minimum atomic E-state index is -0.442.